The van der Waals surface area contributed by atoms with Crippen molar-refractivity contribution in [1.82, 2.24) is 5.32 Å². The van der Waals surface area contributed by atoms with Gasteiger partial charge < -0.3 is 14.8 Å². The Labute approximate surface area is 125 Å². The lowest BCUT2D eigenvalue weighted by atomic mass is 10.2. The summed E-state index contributed by atoms with van der Waals surface area (Å²) in [5, 5.41) is 3.48. The second kappa shape index (κ2) is 7.71. The Bertz CT molecular complexity index is 546. The Kier molecular flexibility index (Phi) is 6.58. The molecule has 0 aliphatic heterocycles. The lowest BCUT2D eigenvalue weighted by molar-refractivity contribution is 0.294. The molecule has 1 aromatic rings. The zero-order valence-corrected chi connectivity index (χ0v) is 13.5. The fourth-order valence-electron chi connectivity index (χ4n) is 1.71. The molecule has 1 aromatic carbocycles. The molecule has 0 amide bonds. The summed E-state index contributed by atoms with van der Waals surface area (Å²) < 4.78 is 32.9. The molecule has 7 heteroatoms. The van der Waals surface area contributed by atoms with E-state index in [1.54, 1.807) is 6.07 Å². The van der Waals surface area contributed by atoms with Crippen molar-refractivity contribution in [3.05, 3.63) is 22.7 Å². The molecule has 0 aliphatic rings. The van der Waals surface area contributed by atoms with Gasteiger partial charge in [0, 0.05) is 12.8 Å². The van der Waals surface area contributed by atoms with Gasteiger partial charge in [0.05, 0.1) is 24.5 Å². The monoisotopic (exact) mass is 321 g/mol. The van der Waals surface area contributed by atoms with Crippen LogP contribution in [-0.2, 0) is 16.4 Å². The van der Waals surface area contributed by atoms with Crippen LogP contribution in [-0.4, -0.2) is 41.2 Å². The molecule has 20 heavy (non-hydrogen) atoms. The van der Waals surface area contributed by atoms with E-state index < -0.39 is 9.84 Å². The standard InChI is InChI=1S/C13H20ClNO4S/c1-15-9-10-7-11(14)13(12(8-10)18-2)19-5-4-6-20(3,16)17/h7-8,15H,4-6,9H2,1-3H3. The van der Waals surface area contributed by atoms with Crippen molar-refractivity contribution in [3.8, 4) is 11.5 Å². The van der Waals surface area contributed by atoms with Gasteiger partial charge in [0.15, 0.2) is 11.5 Å². The molecular formula is C13H20ClNO4S. The van der Waals surface area contributed by atoms with Crippen LogP contribution in [0.3, 0.4) is 0 Å². The lowest BCUT2D eigenvalue weighted by Crippen LogP contribution is -2.09. The van der Waals surface area contributed by atoms with Gasteiger partial charge in [-0.1, -0.05) is 11.6 Å². The number of hydrogen-bond donors (Lipinski definition) is 1. The van der Waals surface area contributed by atoms with Gasteiger partial charge in [-0.3, -0.25) is 0 Å². The molecule has 1 rings (SSSR count). The van der Waals surface area contributed by atoms with Gasteiger partial charge in [-0.15, -0.1) is 0 Å². The average Bonchev–Trinajstić information content (AvgIpc) is 2.35. The van der Waals surface area contributed by atoms with Crippen LogP contribution in [0.5, 0.6) is 11.5 Å². The quantitative estimate of drug-likeness (QED) is 0.741. The van der Waals surface area contributed by atoms with Crippen LogP contribution in [0.15, 0.2) is 12.1 Å². The Morgan fingerprint density at radius 3 is 2.60 bits per heavy atom. The van der Waals surface area contributed by atoms with E-state index in [1.807, 2.05) is 13.1 Å². The number of nitrogens with one attached hydrogen (secondary N) is 1. The molecule has 0 saturated heterocycles. The van der Waals surface area contributed by atoms with Crippen molar-refractivity contribution in [2.75, 3.05) is 32.8 Å². The van der Waals surface area contributed by atoms with Crippen LogP contribution < -0.4 is 14.8 Å². The van der Waals surface area contributed by atoms with Gasteiger partial charge in [0.1, 0.15) is 9.84 Å². The van der Waals surface area contributed by atoms with Gasteiger partial charge in [0.2, 0.25) is 0 Å². The highest BCUT2D eigenvalue weighted by Gasteiger charge is 2.12. The first-order chi connectivity index (χ1) is 9.37. The highest BCUT2D eigenvalue weighted by molar-refractivity contribution is 7.90. The van der Waals surface area contributed by atoms with Crippen LogP contribution >= 0.6 is 11.6 Å². The normalized spacial score (nSPS) is 11.4. The third-order valence-electron chi connectivity index (χ3n) is 2.58. The molecule has 114 valence electrons. The molecule has 0 bridgehead atoms. The number of ether oxygens (including phenoxy) is 2. The molecule has 0 saturated carbocycles. The molecule has 5 nitrogen and oxygen atoms in total. The van der Waals surface area contributed by atoms with E-state index in [0.717, 1.165) is 5.56 Å². The number of hydrogen-bond acceptors (Lipinski definition) is 5. The van der Waals surface area contributed by atoms with Gasteiger partial charge in [-0.2, -0.15) is 0 Å². The first kappa shape index (κ1) is 17.1. The summed E-state index contributed by atoms with van der Waals surface area (Å²) in [6.45, 7) is 0.943. The second-order valence-electron chi connectivity index (χ2n) is 4.47. The first-order valence-corrected chi connectivity index (χ1v) is 8.62. The number of sulfone groups is 1. The zero-order chi connectivity index (χ0) is 15.2. The SMILES string of the molecule is CNCc1cc(Cl)c(OCCCS(C)(=O)=O)c(OC)c1. The third kappa shape index (κ3) is 5.56. The molecule has 0 heterocycles. The fourth-order valence-corrected chi connectivity index (χ4v) is 2.64. The van der Waals surface area contributed by atoms with Crippen molar-refractivity contribution < 1.29 is 17.9 Å². The molecule has 0 atom stereocenters. The van der Waals surface area contributed by atoms with Crippen LogP contribution in [0.25, 0.3) is 0 Å². The Hall–Kier alpha value is -0.980. The van der Waals surface area contributed by atoms with Crippen molar-refractivity contribution in [2.24, 2.45) is 0 Å². The van der Waals surface area contributed by atoms with E-state index in [4.69, 9.17) is 21.1 Å². The molecular weight excluding hydrogens is 302 g/mol. The maximum atomic E-state index is 11.0. The largest absolute Gasteiger partial charge is 0.493 e. The van der Waals surface area contributed by atoms with Gasteiger partial charge in [0.25, 0.3) is 0 Å². The average molecular weight is 322 g/mol. The maximum Gasteiger partial charge on any atom is 0.179 e. The summed E-state index contributed by atoms with van der Waals surface area (Å²) in [5.41, 5.74) is 0.984. The van der Waals surface area contributed by atoms with Crippen molar-refractivity contribution in [3.63, 3.8) is 0 Å². The van der Waals surface area contributed by atoms with Crippen LogP contribution in [0.1, 0.15) is 12.0 Å². The molecule has 0 radical (unpaired) electrons. The summed E-state index contributed by atoms with van der Waals surface area (Å²) in [5.74, 6) is 1.08. The van der Waals surface area contributed by atoms with E-state index in [2.05, 4.69) is 5.32 Å². The highest BCUT2D eigenvalue weighted by atomic mass is 35.5. The summed E-state index contributed by atoms with van der Waals surface area (Å²) in [6, 6.07) is 3.64. The number of halogens is 1. The Balaban J connectivity index is 2.74. The van der Waals surface area contributed by atoms with Crippen LogP contribution in [0, 0.1) is 0 Å². The molecule has 0 aliphatic carbocycles. The predicted molar refractivity (Wildman–Crippen MR) is 80.6 cm³/mol. The van der Waals surface area contributed by atoms with E-state index in [-0.39, 0.29) is 12.4 Å². The topological polar surface area (TPSA) is 64.6 Å². The Morgan fingerprint density at radius 1 is 1.35 bits per heavy atom. The van der Waals surface area contributed by atoms with E-state index in [1.165, 1.54) is 13.4 Å². The minimum atomic E-state index is -2.97. The summed E-state index contributed by atoms with van der Waals surface area (Å²) in [7, 11) is 0.412. The molecule has 1 N–H and O–H groups in total. The number of methoxy groups -OCH3 is 1. The summed E-state index contributed by atoms with van der Waals surface area (Å²) in [4.78, 5) is 0. The lowest BCUT2D eigenvalue weighted by Gasteiger charge is -2.14. The van der Waals surface area contributed by atoms with E-state index in [0.29, 0.717) is 29.5 Å². The fraction of sp³-hybridized carbons (Fsp3) is 0.538. The highest BCUT2D eigenvalue weighted by Crippen LogP contribution is 2.36. The van der Waals surface area contributed by atoms with Gasteiger partial charge >= 0.3 is 0 Å². The third-order valence-corrected chi connectivity index (χ3v) is 3.89. The maximum absolute atomic E-state index is 11.0. The number of benzene rings is 1. The molecule has 0 aromatic heterocycles. The minimum Gasteiger partial charge on any atom is -0.493 e. The zero-order valence-electron chi connectivity index (χ0n) is 11.9. The molecule has 0 unspecified atom stereocenters. The van der Waals surface area contributed by atoms with Gasteiger partial charge in [-0.05, 0) is 31.2 Å². The minimum absolute atomic E-state index is 0.0881. The predicted octanol–water partition coefficient (Wildman–Crippen LogP) is 1.88. The number of rotatable bonds is 8. The van der Waals surface area contributed by atoms with Gasteiger partial charge in [-0.25, -0.2) is 8.42 Å². The van der Waals surface area contributed by atoms with Crippen LogP contribution in [0.2, 0.25) is 5.02 Å². The molecule has 0 fully saturated rings. The van der Waals surface area contributed by atoms with E-state index in [9.17, 15) is 8.42 Å². The van der Waals surface area contributed by atoms with Crippen LogP contribution in [0.4, 0.5) is 0 Å². The van der Waals surface area contributed by atoms with E-state index >= 15 is 0 Å². The van der Waals surface area contributed by atoms with Crippen molar-refractivity contribution in [1.29, 1.82) is 0 Å². The summed E-state index contributed by atoms with van der Waals surface area (Å²) in [6.07, 6.45) is 1.61. The summed E-state index contributed by atoms with van der Waals surface area (Å²) >= 11 is 6.17. The molecule has 0 spiro atoms. The van der Waals surface area contributed by atoms with Crippen molar-refractivity contribution >= 4 is 21.4 Å². The Morgan fingerprint density at radius 2 is 2.05 bits per heavy atom. The van der Waals surface area contributed by atoms with Crippen molar-refractivity contribution in [2.45, 2.75) is 13.0 Å². The first-order valence-electron chi connectivity index (χ1n) is 6.19. The second-order valence-corrected chi connectivity index (χ2v) is 7.14. The smallest absolute Gasteiger partial charge is 0.179 e.